The van der Waals surface area contributed by atoms with E-state index in [0.717, 1.165) is 18.4 Å². The molecule has 0 radical (unpaired) electrons. The molecular formula is C12H14O3. The lowest BCUT2D eigenvalue weighted by atomic mass is 10.1. The van der Waals surface area contributed by atoms with Gasteiger partial charge >= 0.3 is 5.97 Å². The van der Waals surface area contributed by atoms with Crippen LogP contribution in [0.3, 0.4) is 0 Å². The van der Waals surface area contributed by atoms with E-state index in [1.54, 1.807) is 0 Å². The third-order valence-electron chi connectivity index (χ3n) is 2.41. The molecule has 1 aromatic rings. The fourth-order valence-corrected chi connectivity index (χ4v) is 1.57. The Labute approximate surface area is 89.0 Å². The van der Waals surface area contributed by atoms with Crippen LogP contribution in [0.25, 0.3) is 0 Å². The molecule has 0 aliphatic carbocycles. The Morgan fingerprint density at radius 2 is 2.13 bits per heavy atom. The maximum Gasteiger partial charge on any atom is 0.335 e. The van der Waals surface area contributed by atoms with Crippen LogP contribution in [-0.2, 0) is 20.9 Å². The summed E-state index contributed by atoms with van der Waals surface area (Å²) in [6.07, 6.45) is 1.29. The van der Waals surface area contributed by atoms with Gasteiger partial charge in [-0.05, 0) is 18.4 Å². The summed E-state index contributed by atoms with van der Waals surface area (Å²) in [5.41, 5.74) is 1.08. The highest BCUT2D eigenvalue weighted by atomic mass is 16.6. The minimum Gasteiger partial charge on any atom is -0.464 e. The first-order chi connectivity index (χ1) is 7.36. The molecule has 0 bridgehead atoms. The zero-order valence-electron chi connectivity index (χ0n) is 8.52. The molecule has 0 unspecified atom stereocenters. The zero-order chi connectivity index (χ0) is 10.5. The van der Waals surface area contributed by atoms with E-state index in [9.17, 15) is 4.79 Å². The van der Waals surface area contributed by atoms with E-state index in [2.05, 4.69) is 0 Å². The highest BCUT2D eigenvalue weighted by Crippen LogP contribution is 2.13. The molecule has 3 heteroatoms. The first-order valence-corrected chi connectivity index (χ1v) is 5.18. The highest BCUT2D eigenvalue weighted by Gasteiger charge is 2.24. The van der Waals surface area contributed by atoms with Gasteiger partial charge in [0.1, 0.15) is 0 Å². The normalized spacial score (nSPS) is 21.1. The minimum atomic E-state index is -0.376. The van der Waals surface area contributed by atoms with Crippen LogP contribution in [0.5, 0.6) is 0 Å². The van der Waals surface area contributed by atoms with Gasteiger partial charge in [0.2, 0.25) is 0 Å². The standard InChI is InChI=1S/C12H14O3/c13-12-11(7-4-8-14-12)15-9-10-5-2-1-3-6-10/h1-3,5-6,11H,4,7-9H2/t11-/m0/s1. The number of esters is 1. The maximum atomic E-state index is 11.3. The Balaban J connectivity index is 1.85. The van der Waals surface area contributed by atoms with Gasteiger partial charge < -0.3 is 9.47 Å². The van der Waals surface area contributed by atoms with Gasteiger partial charge in [0.05, 0.1) is 13.2 Å². The summed E-state index contributed by atoms with van der Waals surface area (Å²) >= 11 is 0. The summed E-state index contributed by atoms with van der Waals surface area (Å²) < 4.78 is 10.4. The van der Waals surface area contributed by atoms with E-state index in [4.69, 9.17) is 9.47 Å². The second kappa shape index (κ2) is 4.94. The Kier molecular flexibility index (Phi) is 3.35. The van der Waals surface area contributed by atoms with Crippen molar-refractivity contribution in [2.24, 2.45) is 0 Å². The number of hydrogen-bond acceptors (Lipinski definition) is 3. The average molecular weight is 206 g/mol. The van der Waals surface area contributed by atoms with E-state index in [1.165, 1.54) is 0 Å². The molecule has 1 heterocycles. The lowest BCUT2D eigenvalue weighted by Gasteiger charge is -2.21. The number of cyclic esters (lactones) is 1. The molecule has 1 aromatic carbocycles. The molecule has 0 N–H and O–H groups in total. The molecule has 1 aliphatic rings. The van der Waals surface area contributed by atoms with Crippen LogP contribution in [0.1, 0.15) is 18.4 Å². The van der Waals surface area contributed by atoms with Crippen LogP contribution in [0.4, 0.5) is 0 Å². The molecule has 15 heavy (non-hydrogen) atoms. The number of benzene rings is 1. The van der Waals surface area contributed by atoms with Crippen LogP contribution >= 0.6 is 0 Å². The summed E-state index contributed by atoms with van der Waals surface area (Å²) in [6.45, 7) is 1.00. The van der Waals surface area contributed by atoms with Crippen molar-refractivity contribution >= 4 is 5.97 Å². The van der Waals surface area contributed by atoms with Gasteiger partial charge in [-0.2, -0.15) is 0 Å². The fourth-order valence-electron chi connectivity index (χ4n) is 1.57. The van der Waals surface area contributed by atoms with Crippen molar-refractivity contribution in [1.29, 1.82) is 0 Å². The van der Waals surface area contributed by atoms with Crippen molar-refractivity contribution in [2.75, 3.05) is 6.61 Å². The van der Waals surface area contributed by atoms with Crippen molar-refractivity contribution in [3.05, 3.63) is 35.9 Å². The molecule has 0 spiro atoms. The van der Waals surface area contributed by atoms with Gasteiger partial charge in [-0.15, -0.1) is 0 Å². The summed E-state index contributed by atoms with van der Waals surface area (Å²) in [4.78, 5) is 11.3. The third kappa shape index (κ3) is 2.80. The maximum absolute atomic E-state index is 11.3. The SMILES string of the molecule is O=C1OCCC[C@@H]1OCc1ccccc1. The van der Waals surface area contributed by atoms with Crippen molar-refractivity contribution in [1.82, 2.24) is 0 Å². The zero-order valence-corrected chi connectivity index (χ0v) is 8.52. The molecule has 1 saturated heterocycles. The quantitative estimate of drug-likeness (QED) is 0.709. The predicted octanol–water partition coefficient (Wildman–Crippen LogP) is 1.91. The van der Waals surface area contributed by atoms with Crippen LogP contribution in [0.2, 0.25) is 0 Å². The minimum absolute atomic E-state index is 0.225. The summed E-state index contributed by atoms with van der Waals surface area (Å²) in [6, 6.07) is 9.83. The number of ether oxygens (including phenoxy) is 2. The highest BCUT2D eigenvalue weighted by molar-refractivity contribution is 5.75. The number of rotatable bonds is 3. The van der Waals surface area contributed by atoms with E-state index in [1.807, 2.05) is 30.3 Å². The van der Waals surface area contributed by atoms with Crippen LogP contribution < -0.4 is 0 Å². The van der Waals surface area contributed by atoms with Crippen molar-refractivity contribution in [3.63, 3.8) is 0 Å². The molecule has 0 saturated carbocycles. The Hall–Kier alpha value is -1.35. The first-order valence-electron chi connectivity index (χ1n) is 5.18. The second-order valence-corrected chi connectivity index (χ2v) is 3.59. The van der Waals surface area contributed by atoms with E-state index in [-0.39, 0.29) is 12.1 Å². The summed E-state index contributed by atoms with van der Waals surface area (Å²) in [5, 5.41) is 0. The third-order valence-corrected chi connectivity index (χ3v) is 2.41. The van der Waals surface area contributed by atoms with E-state index < -0.39 is 0 Å². The van der Waals surface area contributed by atoms with E-state index in [0.29, 0.717) is 13.2 Å². The predicted molar refractivity (Wildman–Crippen MR) is 55.2 cm³/mol. The second-order valence-electron chi connectivity index (χ2n) is 3.59. The van der Waals surface area contributed by atoms with Crippen molar-refractivity contribution in [3.8, 4) is 0 Å². The summed E-state index contributed by atoms with van der Waals surface area (Å²) in [5.74, 6) is -0.225. The van der Waals surface area contributed by atoms with Crippen molar-refractivity contribution in [2.45, 2.75) is 25.6 Å². The molecule has 0 amide bonds. The Morgan fingerprint density at radius 3 is 2.87 bits per heavy atom. The van der Waals surface area contributed by atoms with Crippen LogP contribution in [0, 0.1) is 0 Å². The lowest BCUT2D eigenvalue weighted by molar-refractivity contribution is -0.164. The molecule has 0 aromatic heterocycles. The number of carbonyl (C=O) groups excluding carboxylic acids is 1. The largest absolute Gasteiger partial charge is 0.464 e. The smallest absolute Gasteiger partial charge is 0.335 e. The number of carbonyl (C=O) groups is 1. The fraction of sp³-hybridized carbons (Fsp3) is 0.417. The molecule has 2 rings (SSSR count). The topological polar surface area (TPSA) is 35.5 Å². The first kappa shape index (κ1) is 10.2. The summed E-state index contributed by atoms with van der Waals surface area (Å²) in [7, 11) is 0. The van der Waals surface area contributed by atoms with Gasteiger partial charge in [-0.25, -0.2) is 4.79 Å². The van der Waals surface area contributed by atoms with Gasteiger partial charge in [0.15, 0.2) is 6.10 Å². The van der Waals surface area contributed by atoms with Gasteiger partial charge in [0, 0.05) is 0 Å². The average Bonchev–Trinajstić information content (AvgIpc) is 2.29. The molecule has 3 nitrogen and oxygen atoms in total. The number of hydrogen-bond donors (Lipinski definition) is 0. The Morgan fingerprint density at radius 1 is 1.33 bits per heavy atom. The lowest BCUT2D eigenvalue weighted by Crippen LogP contribution is -2.31. The van der Waals surface area contributed by atoms with Crippen LogP contribution in [-0.4, -0.2) is 18.7 Å². The van der Waals surface area contributed by atoms with Crippen LogP contribution in [0.15, 0.2) is 30.3 Å². The van der Waals surface area contributed by atoms with Gasteiger partial charge in [-0.1, -0.05) is 30.3 Å². The van der Waals surface area contributed by atoms with Gasteiger partial charge in [0.25, 0.3) is 0 Å². The Bertz CT molecular complexity index is 321. The molecule has 80 valence electrons. The van der Waals surface area contributed by atoms with Gasteiger partial charge in [-0.3, -0.25) is 0 Å². The monoisotopic (exact) mass is 206 g/mol. The van der Waals surface area contributed by atoms with E-state index >= 15 is 0 Å². The molecule has 1 atom stereocenters. The van der Waals surface area contributed by atoms with Crippen molar-refractivity contribution < 1.29 is 14.3 Å². The molecular weight excluding hydrogens is 192 g/mol. The molecule has 1 fully saturated rings. The molecule has 1 aliphatic heterocycles.